The predicted octanol–water partition coefficient (Wildman–Crippen LogP) is 4.74. The Balaban J connectivity index is 1.34. The summed E-state index contributed by atoms with van der Waals surface area (Å²) in [5.74, 6) is -1.97. The number of carbonyl (C=O) groups excluding carboxylic acids is 2. The summed E-state index contributed by atoms with van der Waals surface area (Å²) in [4.78, 5) is 36.1. The van der Waals surface area contributed by atoms with Crippen LogP contribution in [-0.2, 0) is 9.53 Å². The Morgan fingerprint density at radius 2 is 1.60 bits per heavy atom. The monoisotopic (exact) mass is 474 g/mol. The van der Waals surface area contributed by atoms with Gasteiger partial charge in [-0.3, -0.25) is 4.79 Å². The van der Waals surface area contributed by atoms with Crippen LogP contribution in [0.4, 0.5) is 10.5 Å². The number of ether oxygens (including phenoxy) is 1. The molecule has 8 heteroatoms. The second-order valence-corrected chi connectivity index (χ2v) is 8.36. The molecule has 0 aromatic heterocycles. The highest BCUT2D eigenvalue weighted by atomic mass is 16.5. The van der Waals surface area contributed by atoms with E-state index in [1.807, 2.05) is 43.3 Å². The maximum Gasteiger partial charge on any atom is 0.407 e. The summed E-state index contributed by atoms with van der Waals surface area (Å²) in [6.45, 7) is 1.99. The molecule has 4 rings (SSSR count). The van der Waals surface area contributed by atoms with Crippen LogP contribution in [0.5, 0.6) is 5.75 Å². The molecular weight excluding hydrogens is 448 g/mol. The number of carboxylic acids is 1. The van der Waals surface area contributed by atoms with E-state index in [2.05, 4.69) is 22.8 Å². The number of benzene rings is 3. The summed E-state index contributed by atoms with van der Waals surface area (Å²) in [7, 11) is 0. The lowest BCUT2D eigenvalue weighted by molar-refractivity contribution is -0.116. The van der Waals surface area contributed by atoms with Gasteiger partial charge >= 0.3 is 12.1 Å². The highest BCUT2D eigenvalue weighted by Crippen LogP contribution is 2.44. The largest absolute Gasteiger partial charge is 0.506 e. The van der Waals surface area contributed by atoms with E-state index in [-0.39, 0.29) is 35.9 Å². The molecule has 3 aromatic carbocycles. The summed E-state index contributed by atoms with van der Waals surface area (Å²) >= 11 is 0. The van der Waals surface area contributed by atoms with Gasteiger partial charge in [0.1, 0.15) is 12.4 Å². The molecule has 2 amide bonds. The minimum Gasteiger partial charge on any atom is -0.506 e. The van der Waals surface area contributed by atoms with Crippen molar-refractivity contribution in [2.24, 2.45) is 0 Å². The number of fused-ring (bicyclic) bond motifs is 3. The van der Waals surface area contributed by atoms with E-state index in [1.54, 1.807) is 0 Å². The van der Waals surface area contributed by atoms with Crippen LogP contribution < -0.4 is 10.6 Å². The fraction of sp³-hybridized carbons (Fsp3) is 0.222. The third kappa shape index (κ3) is 5.27. The van der Waals surface area contributed by atoms with Crippen molar-refractivity contribution in [1.29, 1.82) is 0 Å². The fourth-order valence-electron chi connectivity index (χ4n) is 4.30. The van der Waals surface area contributed by atoms with Crippen molar-refractivity contribution in [2.75, 3.05) is 11.9 Å². The van der Waals surface area contributed by atoms with E-state index in [4.69, 9.17) is 9.84 Å². The van der Waals surface area contributed by atoms with Crippen LogP contribution in [0.25, 0.3) is 11.1 Å². The van der Waals surface area contributed by atoms with Gasteiger partial charge in [0.05, 0.1) is 11.3 Å². The number of phenolic OH excluding ortho intramolecular Hbond substituents is 1. The molecule has 0 heterocycles. The van der Waals surface area contributed by atoms with Gasteiger partial charge in [-0.05, 0) is 46.9 Å². The minimum absolute atomic E-state index is 0.00843. The quantitative estimate of drug-likeness (QED) is 0.350. The molecule has 1 aliphatic carbocycles. The zero-order chi connectivity index (χ0) is 24.9. The van der Waals surface area contributed by atoms with Crippen LogP contribution in [0, 0.1) is 0 Å². The first-order valence-electron chi connectivity index (χ1n) is 11.3. The molecule has 3 aromatic rings. The molecule has 0 radical (unpaired) electrons. The van der Waals surface area contributed by atoms with E-state index in [1.165, 1.54) is 18.2 Å². The van der Waals surface area contributed by atoms with Gasteiger partial charge in [0.15, 0.2) is 0 Å². The second-order valence-electron chi connectivity index (χ2n) is 8.36. The fourth-order valence-corrected chi connectivity index (χ4v) is 4.30. The Kier molecular flexibility index (Phi) is 7.01. The second kappa shape index (κ2) is 10.3. The third-order valence-corrected chi connectivity index (χ3v) is 6.11. The van der Waals surface area contributed by atoms with Crippen LogP contribution in [-0.4, -0.2) is 40.8 Å². The van der Waals surface area contributed by atoms with Gasteiger partial charge in [-0.1, -0.05) is 55.5 Å². The summed E-state index contributed by atoms with van der Waals surface area (Å²) in [5.41, 5.74) is 4.41. The first-order chi connectivity index (χ1) is 16.9. The van der Waals surface area contributed by atoms with Gasteiger partial charge in [0.2, 0.25) is 5.91 Å². The summed E-state index contributed by atoms with van der Waals surface area (Å²) in [6.07, 6.45) is -0.224. The smallest absolute Gasteiger partial charge is 0.407 e. The van der Waals surface area contributed by atoms with Crippen molar-refractivity contribution in [3.8, 4) is 16.9 Å². The van der Waals surface area contributed by atoms with Crippen LogP contribution in [0.1, 0.15) is 47.2 Å². The lowest BCUT2D eigenvalue weighted by Gasteiger charge is -2.19. The van der Waals surface area contributed by atoms with Crippen molar-refractivity contribution >= 4 is 23.7 Å². The van der Waals surface area contributed by atoms with Gasteiger partial charge in [-0.25, -0.2) is 9.59 Å². The summed E-state index contributed by atoms with van der Waals surface area (Å²) in [5, 5.41) is 24.2. The van der Waals surface area contributed by atoms with Crippen molar-refractivity contribution < 1.29 is 29.3 Å². The first-order valence-corrected chi connectivity index (χ1v) is 11.3. The Labute approximate surface area is 202 Å². The molecule has 0 fully saturated rings. The van der Waals surface area contributed by atoms with Gasteiger partial charge in [0, 0.05) is 18.4 Å². The molecule has 0 bridgehead atoms. The van der Waals surface area contributed by atoms with Crippen molar-refractivity contribution in [2.45, 2.75) is 31.7 Å². The Morgan fingerprint density at radius 3 is 2.20 bits per heavy atom. The molecule has 1 aliphatic rings. The van der Waals surface area contributed by atoms with Crippen molar-refractivity contribution in [1.82, 2.24) is 5.32 Å². The van der Waals surface area contributed by atoms with E-state index < -0.39 is 24.0 Å². The number of aromatic hydroxyl groups is 1. The number of rotatable bonds is 8. The van der Waals surface area contributed by atoms with Crippen LogP contribution in [0.2, 0.25) is 0 Å². The Hall–Kier alpha value is -4.33. The van der Waals surface area contributed by atoms with Crippen LogP contribution in [0.3, 0.4) is 0 Å². The number of hydrogen-bond donors (Lipinski definition) is 4. The number of phenols is 1. The van der Waals surface area contributed by atoms with Gasteiger partial charge in [-0.15, -0.1) is 0 Å². The normalized spacial score (nSPS) is 12.8. The lowest BCUT2D eigenvalue weighted by Crippen LogP contribution is -2.38. The first kappa shape index (κ1) is 23.8. The molecular formula is C27H26N2O6. The molecule has 180 valence electrons. The standard InChI is InChI=1S/C27H26N2O6/c1-2-17(14-25(31)29-23-13-16(26(32)33)11-12-24(23)30)28-27(34)35-15-22-20-9-5-3-7-18(20)19-8-4-6-10-21(19)22/h3-13,17,22,30H,2,14-15H2,1H3,(H,28,34)(H,29,31)(H,32,33)/t17-/m0/s1. The summed E-state index contributed by atoms with van der Waals surface area (Å²) < 4.78 is 5.55. The average molecular weight is 475 g/mol. The maximum absolute atomic E-state index is 12.5. The van der Waals surface area contributed by atoms with E-state index in [0.29, 0.717) is 6.42 Å². The predicted molar refractivity (Wildman–Crippen MR) is 131 cm³/mol. The zero-order valence-electron chi connectivity index (χ0n) is 19.2. The molecule has 0 spiro atoms. The highest BCUT2D eigenvalue weighted by Gasteiger charge is 2.29. The molecule has 0 unspecified atom stereocenters. The number of anilines is 1. The Morgan fingerprint density at radius 1 is 0.971 bits per heavy atom. The molecule has 1 atom stereocenters. The lowest BCUT2D eigenvalue weighted by atomic mass is 9.98. The van der Waals surface area contributed by atoms with Crippen LogP contribution >= 0.6 is 0 Å². The number of carbonyl (C=O) groups is 3. The topological polar surface area (TPSA) is 125 Å². The van der Waals surface area contributed by atoms with Gasteiger partial charge in [-0.2, -0.15) is 0 Å². The maximum atomic E-state index is 12.5. The Bertz CT molecular complexity index is 1230. The van der Waals surface area contributed by atoms with Gasteiger partial charge in [0.25, 0.3) is 0 Å². The average Bonchev–Trinajstić information content (AvgIpc) is 3.17. The number of aromatic carboxylic acids is 1. The van der Waals surface area contributed by atoms with Crippen LogP contribution in [0.15, 0.2) is 66.7 Å². The van der Waals surface area contributed by atoms with E-state index in [0.717, 1.165) is 22.3 Å². The molecule has 0 saturated heterocycles. The SMILES string of the molecule is CC[C@@H](CC(=O)Nc1cc(C(=O)O)ccc1O)NC(=O)OCC1c2ccccc2-c2ccccc21. The third-order valence-electron chi connectivity index (χ3n) is 6.11. The number of nitrogens with one attached hydrogen (secondary N) is 2. The van der Waals surface area contributed by atoms with Crippen molar-refractivity contribution in [3.63, 3.8) is 0 Å². The molecule has 0 saturated carbocycles. The molecule has 35 heavy (non-hydrogen) atoms. The minimum atomic E-state index is -1.18. The number of hydrogen-bond acceptors (Lipinski definition) is 5. The highest BCUT2D eigenvalue weighted by molar-refractivity contribution is 5.95. The molecule has 0 aliphatic heterocycles. The number of alkyl carbamates (subject to hydrolysis) is 1. The number of carboxylic acid groups (broad SMARTS) is 1. The van der Waals surface area contributed by atoms with Crippen molar-refractivity contribution in [3.05, 3.63) is 83.4 Å². The van der Waals surface area contributed by atoms with E-state index in [9.17, 15) is 19.5 Å². The summed E-state index contributed by atoms with van der Waals surface area (Å²) in [6, 6.07) is 19.2. The van der Waals surface area contributed by atoms with Gasteiger partial charge < -0.3 is 25.6 Å². The number of amides is 2. The molecule has 4 N–H and O–H groups in total. The van der Waals surface area contributed by atoms with E-state index >= 15 is 0 Å². The molecule has 8 nitrogen and oxygen atoms in total. The zero-order valence-corrected chi connectivity index (χ0v) is 19.2.